The highest BCUT2D eigenvalue weighted by Crippen LogP contribution is 2.29. The summed E-state index contributed by atoms with van der Waals surface area (Å²) in [5, 5.41) is 21.6. The molecule has 0 fully saturated rings. The number of nitrogens with zero attached hydrogens (tertiary/aromatic N) is 5. The summed E-state index contributed by atoms with van der Waals surface area (Å²) >= 11 is 0. The van der Waals surface area contributed by atoms with E-state index in [-0.39, 0.29) is 22.9 Å². The van der Waals surface area contributed by atoms with E-state index < -0.39 is 10.9 Å². The van der Waals surface area contributed by atoms with Gasteiger partial charge in [0.15, 0.2) is 11.5 Å². The summed E-state index contributed by atoms with van der Waals surface area (Å²) in [5.41, 5.74) is 4.87. The van der Waals surface area contributed by atoms with Gasteiger partial charge < -0.3 is 20.1 Å². The molecule has 4 aromatic carbocycles. The molecule has 5 rings (SSSR count). The minimum absolute atomic E-state index is 0.0380. The normalized spacial score (nSPS) is 10.7. The lowest BCUT2D eigenvalue weighted by Gasteiger charge is -2.11. The maximum atomic E-state index is 12.7. The van der Waals surface area contributed by atoms with Gasteiger partial charge in [0.05, 0.1) is 23.3 Å². The number of hydrogen-bond donors (Lipinski definition) is 3. The molecule has 0 saturated heterocycles. The smallest absolute Gasteiger partial charge is 0.343 e. The molecule has 0 bridgehead atoms. The molecule has 13 heteroatoms. The third kappa shape index (κ3) is 7.88. The summed E-state index contributed by atoms with van der Waals surface area (Å²) in [6.45, 7) is 2.09. The number of rotatable bonds is 12. The molecule has 1 heterocycles. The van der Waals surface area contributed by atoms with E-state index in [0.29, 0.717) is 29.8 Å². The summed E-state index contributed by atoms with van der Waals surface area (Å²) in [7, 11) is 0. The van der Waals surface area contributed by atoms with E-state index in [0.717, 1.165) is 17.4 Å². The van der Waals surface area contributed by atoms with Crippen LogP contribution in [0.3, 0.4) is 0 Å². The standard InChI is InChI=1S/C31H26N8O5/c1-2-43-27-18-21(16-17-26(27)44-28(40)22-10-9-15-25(19-22)39(41)42)20-32-38-31-36-29(33-23-11-5-3-6-12-23)35-30(37-31)34-24-13-7-4-8-14-24/h3-20H,2H2,1H3,(H3,33,34,35,36,37,38)/b32-20-. The second-order valence-electron chi connectivity index (χ2n) is 8.99. The Labute approximate surface area is 251 Å². The predicted molar refractivity (Wildman–Crippen MR) is 166 cm³/mol. The number of nitro benzene ring substituents is 1. The third-order valence-corrected chi connectivity index (χ3v) is 5.84. The van der Waals surface area contributed by atoms with Crippen LogP contribution in [0.2, 0.25) is 0 Å². The second-order valence-corrected chi connectivity index (χ2v) is 8.99. The number of para-hydroxylation sites is 2. The van der Waals surface area contributed by atoms with Crippen LogP contribution in [0.4, 0.5) is 34.9 Å². The maximum absolute atomic E-state index is 12.7. The van der Waals surface area contributed by atoms with Gasteiger partial charge in [0.2, 0.25) is 17.8 Å². The van der Waals surface area contributed by atoms with Crippen molar-refractivity contribution in [1.82, 2.24) is 15.0 Å². The topological polar surface area (TPSA) is 166 Å². The van der Waals surface area contributed by atoms with E-state index in [4.69, 9.17) is 9.47 Å². The summed E-state index contributed by atoms with van der Waals surface area (Å²) in [4.78, 5) is 36.5. The number of aromatic nitrogens is 3. The number of nitro groups is 1. The Kier molecular flexibility index (Phi) is 9.27. The van der Waals surface area contributed by atoms with Crippen molar-refractivity contribution in [2.75, 3.05) is 22.7 Å². The van der Waals surface area contributed by atoms with Crippen LogP contribution in [0.15, 0.2) is 108 Å². The first-order valence-electron chi connectivity index (χ1n) is 13.4. The first-order chi connectivity index (χ1) is 21.5. The average Bonchev–Trinajstić information content (AvgIpc) is 3.03. The number of anilines is 5. The minimum atomic E-state index is -0.757. The summed E-state index contributed by atoms with van der Waals surface area (Å²) < 4.78 is 11.2. The van der Waals surface area contributed by atoms with Gasteiger partial charge in [-0.3, -0.25) is 10.1 Å². The van der Waals surface area contributed by atoms with Crippen LogP contribution in [0, 0.1) is 10.1 Å². The van der Waals surface area contributed by atoms with Gasteiger partial charge in [-0.25, -0.2) is 10.2 Å². The molecule has 13 nitrogen and oxygen atoms in total. The van der Waals surface area contributed by atoms with Crippen molar-refractivity contribution in [1.29, 1.82) is 0 Å². The molecule has 0 aliphatic rings. The van der Waals surface area contributed by atoms with Crippen LogP contribution >= 0.6 is 0 Å². The highest BCUT2D eigenvalue weighted by molar-refractivity contribution is 5.92. The van der Waals surface area contributed by atoms with E-state index >= 15 is 0 Å². The van der Waals surface area contributed by atoms with Crippen LogP contribution in [0.5, 0.6) is 11.5 Å². The zero-order valence-corrected chi connectivity index (χ0v) is 23.4. The molecule has 1 aromatic heterocycles. The first-order valence-corrected chi connectivity index (χ1v) is 13.4. The zero-order chi connectivity index (χ0) is 30.7. The number of non-ortho nitro benzene ring substituents is 1. The Hall–Kier alpha value is -6.37. The van der Waals surface area contributed by atoms with Crippen LogP contribution in [0.25, 0.3) is 0 Å². The van der Waals surface area contributed by atoms with Crippen molar-refractivity contribution in [3.8, 4) is 11.5 Å². The fraction of sp³-hybridized carbons (Fsp3) is 0.0645. The number of esters is 1. The Bertz CT molecular complexity index is 1730. The van der Waals surface area contributed by atoms with E-state index in [2.05, 4.69) is 36.1 Å². The SMILES string of the molecule is CCOc1cc(/C=N\Nc2nc(Nc3ccccc3)nc(Nc3ccccc3)n2)ccc1OC(=O)c1cccc([N+](=O)[O-])c1. The second kappa shape index (κ2) is 14.0. The van der Waals surface area contributed by atoms with Crippen LogP contribution < -0.4 is 25.5 Å². The first kappa shape index (κ1) is 29.1. The number of benzene rings is 4. The molecule has 0 aliphatic carbocycles. The summed E-state index contributed by atoms with van der Waals surface area (Å²) in [6.07, 6.45) is 1.52. The number of hydrazone groups is 1. The molecule has 0 aliphatic heterocycles. The Balaban J connectivity index is 1.33. The van der Waals surface area contributed by atoms with E-state index in [1.54, 1.807) is 25.1 Å². The van der Waals surface area contributed by atoms with Gasteiger partial charge in [-0.1, -0.05) is 42.5 Å². The van der Waals surface area contributed by atoms with Crippen LogP contribution in [0.1, 0.15) is 22.8 Å². The zero-order valence-electron chi connectivity index (χ0n) is 23.4. The maximum Gasteiger partial charge on any atom is 0.343 e. The van der Waals surface area contributed by atoms with Crippen molar-refractivity contribution in [3.05, 3.63) is 124 Å². The van der Waals surface area contributed by atoms with Crippen LogP contribution in [-0.2, 0) is 0 Å². The van der Waals surface area contributed by atoms with Gasteiger partial charge in [0, 0.05) is 23.5 Å². The molecule has 0 amide bonds. The quantitative estimate of drug-likeness (QED) is 0.0488. The van der Waals surface area contributed by atoms with Crippen molar-refractivity contribution < 1.29 is 19.2 Å². The number of carbonyl (C=O) groups excluding carboxylic acids is 1. The van der Waals surface area contributed by atoms with Gasteiger partial charge in [-0.05, 0) is 61.0 Å². The van der Waals surface area contributed by atoms with E-state index in [9.17, 15) is 14.9 Å². The predicted octanol–water partition coefficient (Wildman–Crippen LogP) is 6.33. The lowest BCUT2D eigenvalue weighted by Crippen LogP contribution is -2.10. The molecule has 3 N–H and O–H groups in total. The lowest BCUT2D eigenvalue weighted by atomic mass is 10.2. The summed E-state index contributed by atoms with van der Waals surface area (Å²) in [5.74, 6) is 0.470. The van der Waals surface area contributed by atoms with Gasteiger partial charge in [0.1, 0.15) is 0 Å². The van der Waals surface area contributed by atoms with Crippen LogP contribution in [-0.4, -0.2) is 38.7 Å². The van der Waals surface area contributed by atoms with Gasteiger partial charge in [-0.2, -0.15) is 20.1 Å². The molecule has 220 valence electrons. The van der Waals surface area contributed by atoms with Gasteiger partial charge in [-0.15, -0.1) is 0 Å². The van der Waals surface area contributed by atoms with Gasteiger partial charge >= 0.3 is 5.97 Å². The van der Waals surface area contributed by atoms with Gasteiger partial charge in [0.25, 0.3) is 5.69 Å². The highest BCUT2D eigenvalue weighted by atomic mass is 16.6. The summed E-state index contributed by atoms with van der Waals surface area (Å²) in [6, 6.07) is 29.1. The molecular formula is C31H26N8O5. The highest BCUT2D eigenvalue weighted by Gasteiger charge is 2.16. The fourth-order valence-electron chi connectivity index (χ4n) is 3.87. The molecule has 0 radical (unpaired) electrons. The Morgan fingerprint density at radius 1 is 0.818 bits per heavy atom. The minimum Gasteiger partial charge on any atom is -0.490 e. The molecule has 0 atom stereocenters. The lowest BCUT2D eigenvalue weighted by molar-refractivity contribution is -0.384. The number of ether oxygens (including phenoxy) is 2. The largest absolute Gasteiger partial charge is 0.490 e. The Morgan fingerprint density at radius 2 is 1.45 bits per heavy atom. The molecule has 5 aromatic rings. The number of hydrogen-bond acceptors (Lipinski definition) is 12. The molecular weight excluding hydrogens is 564 g/mol. The monoisotopic (exact) mass is 590 g/mol. The number of carbonyl (C=O) groups is 1. The fourth-order valence-corrected chi connectivity index (χ4v) is 3.87. The molecule has 0 unspecified atom stereocenters. The van der Waals surface area contributed by atoms with Crippen molar-refractivity contribution in [2.24, 2.45) is 5.10 Å². The van der Waals surface area contributed by atoms with E-state index in [1.165, 1.54) is 24.4 Å². The number of nitrogens with one attached hydrogen (secondary N) is 3. The van der Waals surface area contributed by atoms with E-state index in [1.807, 2.05) is 60.7 Å². The van der Waals surface area contributed by atoms with Crippen molar-refractivity contribution in [2.45, 2.75) is 6.92 Å². The third-order valence-electron chi connectivity index (χ3n) is 5.84. The Morgan fingerprint density at radius 3 is 2.07 bits per heavy atom. The molecule has 44 heavy (non-hydrogen) atoms. The average molecular weight is 591 g/mol. The molecule has 0 spiro atoms. The van der Waals surface area contributed by atoms with Crippen molar-refractivity contribution in [3.63, 3.8) is 0 Å². The van der Waals surface area contributed by atoms with Crippen molar-refractivity contribution >= 4 is 47.1 Å². The molecule has 0 saturated carbocycles.